The van der Waals surface area contributed by atoms with Crippen LogP contribution in [0.4, 0.5) is 0 Å². The van der Waals surface area contributed by atoms with Crippen LogP contribution in [0, 0.1) is 11.8 Å². The van der Waals surface area contributed by atoms with Crippen LogP contribution in [0.15, 0.2) is 72.8 Å². The van der Waals surface area contributed by atoms with Crippen LogP contribution in [0.3, 0.4) is 0 Å². The Hall–Kier alpha value is -2.90. The van der Waals surface area contributed by atoms with Gasteiger partial charge in [0.1, 0.15) is 9.75 Å². The molecule has 44 heavy (non-hydrogen) atoms. The van der Waals surface area contributed by atoms with Gasteiger partial charge in [0.2, 0.25) is 17.6 Å². The molecule has 0 radical (unpaired) electrons. The average molecular weight is 673 g/mol. The molecular formula is C34H29Cl4NO5. The molecule has 0 unspecified atom stereocenters. The van der Waals surface area contributed by atoms with Crippen molar-refractivity contribution >= 4 is 70.0 Å². The van der Waals surface area contributed by atoms with Crippen molar-refractivity contribution in [2.45, 2.75) is 48.0 Å². The number of hydrogen-bond acceptors (Lipinski definition) is 5. The van der Waals surface area contributed by atoms with E-state index in [1.54, 1.807) is 24.3 Å². The van der Waals surface area contributed by atoms with Crippen LogP contribution in [0.2, 0.25) is 5.02 Å². The topological polar surface area (TPSA) is 80.8 Å². The SMILES string of the molecule is O=C(CCCCCN1C(=O)[C@@H]2[C@@H](C1=O)C1(Cl)c3ccccc3C2(Cl)c2ccccc21)O[C@@H](CCCl)C(=O)c1ccc(Cl)cc1. The number of alkyl halides is 3. The monoisotopic (exact) mass is 671 g/mol. The highest BCUT2D eigenvalue weighted by Gasteiger charge is 2.72. The van der Waals surface area contributed by atoms with E-state index in [-0.39, 0.29) is 42.9 Å². The summed E-state index contributed by atoms with van der Waals surface area (Å²) in [6.45, 7) is 0.191. The van der Waals surface area contributed by atoms with Crippen molar-refractivity contribution in [3.8, 4) is 0 Å². The lowest BCUT2D eigenvalue weighted by molar-refractivity contribution is -0.147. The molecule has 7 rings (SSSR count). The van der Waals surface area contributed by atoms with Gasteiger partial charge in [-0.3, -0.25) is 24.1 Å². The minimum atomic E-state index is -1.21. The highest BCUT2D eigenvalue weighted by molar-refractivity contribution is 6.36. The summed E-state index contributed by atoms with van der Waals surface area (Å²) in [6, 6.07) is 21.4. The number of likely N-dealkylation sites (tertiary alicyclic amines) is 1. The number of halogens is 4. The molecule has 228 valence electrons. The number of unbranched alkanes of at least 4 members (excludes halogenated alkanes) is 2. The third-order valence-corrected chi connectivity index (χ3v) is 10.8. The van der Waals surface area contributed by atoms with Crippen molar-refractivity contribution < 1.29 is 23.9 Å². The number of Topliss-reactive ketones (excluding diaryl/α,β-unsaturated/α-hetero) is 1. The van der Waals surface area contributed by atoms with Crippen molar-refractivity contribution in [1.82, 2.24) is 4.90 Å². The molecule has 1 saturated heterocycles. The van der Waals surface area contributed by atoms with Crippen LogP contribution >= 0.6 is 46.4 Å². The number of ether oxygens (including phenoxy) is 1. The smallest absolute Gasteiger partial charge is 0.306 e. The minimum absolute atomic E-state index is 0.0834. The highest BCUT2D eigenvalue weighted by Crippen LogP contribution is 2.69. The number of imide groups is 1. The first kappa shape index (κ1) is 31.1. The van der Waals surface area contributed by atoms with Gasteiger partial charge >= 0.3 is 5.97 Å². The van der Waals surface area contributed by atoms with Crippen molar-refractivity contribution in [2.75, 3.05) is 12.4 Å². The number of carbonyl (C=O) groups excluding carboxylic acids is 4. The summed E-state index contributed by atoms with van der Waals surface area (Å²) < 4.78 is 5.48. The summed E-state index contributed by atoms with van der Waals surface area (Å²) in [5, 5.41) is 0.496. The number of benzene rings is 3. The third kappa shape index (κ3) is 4.86. The number of nitrogens with zero attached hydrogens (tertiary/aromatic N) is 1. The Morgan fingerprint density at radius 1 is 0.773 bits per heavy atom. The van der Waals surface area contributed by atoms with Crippen molar-refractivity contribution in [2.24, 2.45) is 11.8 Å². The van der Waals surface area contributed by atoms with Gasteiger partial charge in [-0.1, -0.05) is 66.6 Å². The molecule has 2 amide bonds. The quantitative estimate of drug-likeness (QED) is 0.0707. The molecule has 0 aromatic heterocycles. The van der Waals surface area contributed by atoms with E-state index in [1.165, 1.54) is 4.90 Å². The van der Waals surface area contributed by atoms with Gasteiger partial charge < -0.3 is 4.74 Å². The second kappa shape index (κ2) is 12.1. The summed E-state index contributed by atoms with van der Waals surface area (Å²) >= 11 is 26.7. The normalized spacial score (nSPS) is 25.3. The first-order valence-corrected chi connectivity index (χ1v) is 16.3. The van der Waals surface area contributed by atoms with Crippen LogP contribution in [-0.2, 0) is 28.9 Å². The van der Waals surface area contributed by atoms with Gasteiger partial charge in [0, 0.05) is 35.9 Å². The lowest BCUT2D eigenvalue weighted by Crippen LogP contribution is -2.57. The lowest BCUT2D eigenvalue weighted by Gasteiger charge is -2.54. The van der Waals surface area contributed by atoms with E-state index >= 15 is 0 Å². The zero-order chi connectivity index (χ0) is 31.2. The number of amides is 2. The minimum Gasteiger partial charge on any atom is -0.454 e. The number of ketones is 1. The van der Waals surface area contributed by atoms with Crippen molar-refractivity contribution in [3.63, 3.8) is 0 Å². The molecule has 10 heteroatoms. The summed E-state index contributed by atoms with van der Waals surface area (Å²) in [5.41, 5.74) is 3.44. The van der Waals surface area contributed by atoms with Crippen LogP contribution in [0.5, 0.6) is 0 Å². The number of esters is 1. The fourth-order valence-corrected chi connectivity index (χ4v) is 8.44. The zero-order valence-electron chi connectivity index (χ0n) is 23.6. The molecule has 1 aliphatic heterocycles. The maximum Gasteiger partial charge on any atom is 0.306 e. The fourth-order valence-electron chi connectivity index (χ4n) is 7.02. The van der Waals surface area contributed by atoms with Gasteiger partial charge in [0.25, 0.3) is 0 Å². The third-order valence-electron chi connectivity index (χ3n) is 9.01. The molecule has 3 aliphatic carbocycles. The Morgan fingerprint density at radius 2 is 1.27 bits per heavy atom. The second-order valence-electron chi connectivity index (χ2n) is 11.4. The fraction of sp³-hybridized carbons (Fsp3) is 0.353. The Balaban J connectivity index is 1.09. The van der Waals surface area contributed by atoms with Gasteiger partial charge in [-0.15, -0.1) is 34.8 Å². The summed E-state index contributed by atoms with van der Waals surface area (Å²) in [7, 11) is 0. The van der Waals surface area contributed by atoms with E-state index in [9.17, 15) is 19.2 Å². The molecule has 0 spiro atoms. The molecule has 3 atom stereocenters. The summed E-state index contributed by atoms with van der Waals surface area (Å²) in [5.74, 6) is -3.00. The van der Waals surface area contributed by atoms with E-state index in [2.05, 4.69) is 0 Å². The van der Waals surface area contributed by atoms with E-state index in [0.717, 1.165) is 22.3 Å². The largest absolute Gasteiger partial charge is 0.454 e. The number of carbonyl (C=O) groups is 4. The van der Waals surface area contributed by atoms with Gasteiger partial charge in [0.15, 0.2) is 6.10 Å². The van der Waals surface area contributed by atoms with Crippen LogP contribution in [0.25, 0.3) is 0 Å². The standard InChI is InChI=1S/C34H29Cl4NO5/c35-18-17-26(30(41)20-13-15-21(36)16-14-20)44-27(40)12-2-1-7-19-39-31(42)28-29(32(39)43)34(38)23-9-4-3-8-22(23)33(28,37)24-10-5-6-11-25(24)34/h3-6,8-11,13-16,26,28-29H,1-2,7,12,17-19H2/t26-,28-,29-,33?,34?/m0/s1. The maximum absolute atomic E-state index is 13.9. The Bertz CT molecular complexity index is 1520. The van der Waals surface area contributed by atoms with Crippen molar-refractivity contribution in [3.05, 3.63) is 106 Å². The van der Waals surface area contributed by atoms with E-state index < -0.39 is 33.7 Å². The van der Waals surface area contributed by atoms with Gasteiger partial charge in [-0.2, -0.15) is 0 Å². The number of hydrogen-bond donors (Lipinski definition) is 0. The van der Waals surface area contributed by atoms with Crippen LogP contribution < -0.4 is 0 Å². The van der Waals surface area contributed by atoms with E-state index in [4.69, 9.17) is 51.1 Å². The molecule has 1 heterocycles. The van der Waals surface area contributed by atoms with Gasteiger partial charge in [-0.25, -0.2) is 0 Å². The molecule has 6 nitrogen and oxygen atoms in total. The second-order valence-corrected chi connectivity index (χ2v) is 13.4. The lowest BCUT2D eigenvalue weighted by atomic mass is 9.54. The summed E-state index contributed by atoms with van der Waals surface area (Å²) in [4.78, 5) is 52.1. The molecule has 2 bridgehead atoms. The maximum atomic E-state index is 13.9. The van der Waals surface area contributed by atoms with Gasteiger partial charge in [-0.05, 0) is 59.4 Å². The van der Waals surface area contributed by atoms with E-state index in [1.807, 2.05) is 48.5 Å². The summed E-state index contributed by atoms with van der Waals surface area (Å²) in [6.07, 6.45) is 0.794. The first-order valence-electron chi connectivity index (χ1n) is 14.6. The molecule has 4 aliphatic rings. The van der Waals surface area contributed by atoms with Gasteiger partial charge in [0.05, 0.1) is 11.8 Å². The molecule has 3 aromatic carbocycles. The predicted octanol–water partition coefficient (Wildman–Crippen LogP) is 7.22. The molecule has 0 saturated carbocycles. The number of rotatable bonds is 11. The highest BCUT2D eigenvalue weighted by atomic mass is 35.5. The zero-order valence-corrected chi connectivity index (χ0v) is 26.6. The van der Waals surface area contributed by atoms with E-state index in [0.29, 0.717) is 29.8 Å². The Labute approximate surface area is 275 Å². The average Bonchev–Trinajstić information content (AvgIpc) is 3.29. The Morgan fingerprint density at radius 3 is 1.75 bits per heavy atom. The Kier molecular flexibility index (Phi) is 8.57. The first-order chi connectivity index (χ1) is 21.1. The van der Waals surface area contributed by atoms with Crippen LogP contribution in [-0.4, -0.2) is 47.0 Å². The van der Waals surface area contributed by atoms with Crippen molar-refractivity contribution in [1.29, 1.82) is 0 Å². The molecule has 1 fully saturated rings. The predicted molar refractivity (Wildman–Crippen MR) is 169 cm³/mol. The molecular weight excluding hydrogens is 644 g/mol. The molecule has 3 aromatic rings. The molecule has 0 N–H and O–H groups in total. The van der Waals surface area contributed by atoms with Crippen LogP contribution in [0.1, 0.15) is 64.7 Å².